The molecule has 0 saturated carbocycles. The Balaban J connectivity index is 1.43. The van der Waals surface area contributed by atoms with Gasteiger partial charge in [-0.25, -0.2) is 9.48 Å². The van der Waals surface area contributed by atoms with E-state index in [1.807, 2.05) is 58.1 Å². The lowest BCUT2D eigenvalue weighted by Crippen LogP contribution is -2.38. The summed E-state index contributed by atoms with van der Waals surface area (Å²) >= 11 is 0. The zero-order valence-electron chi connectivity index (χ0n) is 18.5. The van der Waals surface area contributed by atoms with E-state index in [1.54, 1.807) is 6.20 Å². The Morgan fingerprint density at radius 2 is 1.42 bits per heavy atom. The van der Waals surface area contributed by atoms with Crippen molar-refractivity contribution in [2.45, 2.75) is 31.1 Å². The minimum atomic E-state index is -0.884. The highest BCUT2D eigenvalue weighted by atomic mass is 16.4. The quantitative estimate of drug-likeness (QED) is 0.649. The molecule has 0 unspecified atom stereocenters. The summed E-state index contributed by atoms with van der Waals surface area (Å²) in [6.07, 6.45) is 3.12. The average molecular weight is 445 g/mol. The lowest BCUT2D eigenvalue weighted by molar-refractivity contribution is 0.0787. The Morgan fingerprint density at radius 1 is 0.818 bits per heavy atom. The molecule has 2 aromatic carbocycles. The van der Waals surface area contributed by atoms with Gasteiger partial charge >= 0.3 is 6.09 Å². The molecule has 170 valence electrons. The molecule has 0 bridgehead atoms. The summed E-state index contributed by atoms with van der Waals surface area (Å²) in [5, 5.41) is 14.0. The fourth-order valence-electron chi connectivity index (χ4n) is 5.15. The maximum atomic E-state index is 13.7. The lowest BCUT2D eigenvalue weighted by Gasteiger charge is -2.31. The molecule has 2 aliphatic heterocycles. The molecular formula is C26H28N4O3. The fourth-order valence-corrected chi connectivity index (χ4v) is 5.15. The van der Waals surface area contributed by atoms with E-state index in [0.29, 0.717) is 44.0 Å². The number of benzene rings is 2. The first kappa shape index (κ1) is 21.2. The predicted octanol–water partition coefficient (Wildman–Crippen LogP) is 4.36. The monoisotopic (exact) mass is 444 g/mol. The second kappa shape index (κ2) is 9.10. The van der Waals surface area contributed by atoms with Gasteiger partial charge in [0.15, 0.2) is 0 Å². The number of rotatable bonds is 4. The number of para-hydroxylation sites is 1. The molecule has 0 radical (unpaired) electrons. The normalized spacial score (nSPS) is 19.1. The van der Waals surface area contributed by atoms with Gasteiger partial charge < -0.3 is 14.9 Å². The van der Waals surface area contributed by atoms with Gasteiger partial charge in [0, 0.05) is 38.0 Å². The zero-order chi connectivity index (χ0) is 22.8. The van der Waals surface area contributed by atoms with Gasteiger partial charge in [-0.1, -0.05) is 48.5 Å². The second-order valence-electron chi connectivity index (χ2n) is 8.88. The minimum Gasteiger partial charge on any atom is -0.465 e. The number of hydrogen-bond donors (Lipinski definition) is 1. The van der Waals surface area contributed by atoms with Crippen LogP contribution >= 0.6 is 0 Å². The summed E-state index contributed by atoms with van der Waals surface area (Å²) in [6.45, 7) is 2.36. The molecule has 1 N–H and O–H groups in total. The molecule has 1 atom stereocenters. The summed E-state index contributed by atoms with van der Waals surface area (Å²) in [4.78, 5) is 28.4. The van der Waals surface area contributed by atoms with Crippen molar-refractivity contribution in [1.29, 1.82) is 0 Å². The van der Waals surface area contributed by atoms with Gasteiger partial charge in [-0.3, -0.25) is 4.79 Å². The van der Waals surface area contributed by atoms with Crippen LogP contribution in [0.5, 0.6) is 0 Å². The highest BCUT2D eigenvalue weighted by molar-refractivity contribution is 5.95. The van der Waals surface area contributed by atoms with E-state index in [0.717, 1.165) is 24.3 Å². The van der Waals surface area contributed by atoms with Gasteiger partial charge in [0.2, 0.25) is 0 Å². The van der Waals surface area contributed by atoms with Crippen LogP contribution in [0.3, 0.4) is 0 Å². The van der Waals surface area contributed by atoms with E-state index >= 15 is 0 Å². The van der Waals surface area contributed by atoms with Crippen molar-refractivity contribution in [3.05, 3.63) is 83.7 Å². The summed E-state index contributed by atoms with van der Waals surface area (Å²) < 4.78 is 1.87. The highest BCUT2D eigenvalue weighted by Gasteiger charge is 2.34. The van der Waals surface area contributed by atoms with Gasteiger partial charge in [0.1, 0.15) is 0 Å². The van der Waals surface area contributed by atoms with Crippen molar-refractivity contribution >= 4 is 12.0 Å². The van der Waals surface area contributed by atoms with Gasteiger partial charge in [0.05, 0.1) is 23.1 Å². The molecule has 3 heterocycles. The molecule has 0 aliphatic carbocycles. The summed E-state index contributed by atoms with van der Waals surface area (Å²) in [5.74, 6) is 0.447. The third-order valence-corrected chi connectivity index (χ3v) is 6.94. The Morgan fingerprint density at radius 3 is 2.09 bits per heavy atom. The highest BCUT2D eigenvalue weighted by Crippen LogP contribution is 2.34. The fraction of sp³-hybridized carbons (Fsp3) is 0.346. The van der Waals surface area contributed by atoms with Crippen LogP contribution in [0.1, 0.15) is 52.7 Å². The number of hydrogen-bond acceptors (Lipinski definition) is 3. The second-order valence-corrected chi connectivity index (χ2v) is 8.88. The average Bonchev–Trinajstić information content (AvgIpc) is 3.53. The van der Waals surface area contributed by atoms with Crippen LogP contribution in [0.15, 0.2) is 66.9 Å². The maximum absolute atomic E-state index is 13.7. The van der Waals surface area contributed by atoms with E-state index in [4.69, 9.17) is 0 Å². The van der Waals surface area contributed by atoms with Crippen molar-refractivity contribution in [2.75, 3.05) is 26.2 Å². The molecule has 7 heteroatoms. The molecule has 0 spiro atoms. The molecule has 2 aliphatic rings. The van der Waals surface area contributed by atoms with E-state index in [9.17, 15) is 14.7 Å². The van der Waals surface area contributed by atoms with Crippen LogP contribution in [0.25, 0.3) is 5.69 Å². The smallest absolute Gasteiger partial charge is 0.407 e. The Bertz CT molecular complexity index is 1120. The van der Waals surface area contributed by atoms with Gasteiger partial charge in [-0.2, -0.15) is 5.10 Å². The number of likely N-dealkylation sites (tertiary alicyclic amines) is 2. The molecule has 2 amide bonds. The number of carbonyl (C=O) groups is 2. The number of amides is 2. The summed E-state index contributed by atoms with van der Waals surface area (Å²) in [7, 11) is 0. The Labute approximate surface area is 193 Å². The van der Waals surface area contributed by atoms with Crippen molar-refractivity contribution in [2.24, 2.45) is 0 Å². The topological polar surface area (TPSA) is 78.7 Å². The molecule has 1 aromatic heterocycles. The van der Waals surface area contributed by atoms with E-state index in [1.165, 1.54) is 10.5 Å². The van der Waals surface area contributed by atoms with E-state index in [-0.39, 0.29) is 11.8 Å². The molecule has 33 heavy (non-hydrogen) atoms. The van der Waals surface area contributed by atoms with Crippen molar-refractivity contribution in [3.63, 3.8) is 0 Å². The van der Waals surface area contributed by atoms with Crippen molar-refractivity contribution < 1.29 is 14.7 Å². The van der Waals surface area contributed by atoms with Gasteiger partial charge in [-0.05, 0) is 37.0 Å². The first-order valence-corrected chi connectivity index (χ1v) is 11.6. The minimum absolute atomic E-state index is 0.0197. The van der Waals surface area contributed by atoms with E-state index < -0.39 is 6.09 Å². The molecule has 2 fully saturated rings. The standard InChI is InChI=1S/C26H28N4O3/c31-25(29-16-13-21(18-29)19-7-3-1-4-8-19)23-17-27-30(22-9-5-2-6-10-22)24(23)20-11-14-28(15-12-20)26(32)33/h1-10,17,20-21H,11-16,18H2,(H,32,33)/t21-/m0/s1. The molecule has 3 aromatic rings. The SMILES string of the molecule is O=C(O)N1CCC(c2c(C(=O)N3CC[C@H](c4ccccc4)C3)cnn2-c2ccccc2)CC1. The van der Waals surface area contributed by atoms with E-state index in [2.05, 4.69) is 17.2 Å². The molecular weight excluding hydrogens is 416 g/mol. The number of piperidine rings is 1. The number of carbonyl (C=O) groups excluding carboxylic acids is 1. The van der Waals surface area contributed by atoms with Crippen LogP contribution in [-0.2, 0) is 0 Å². The first-order chi connectivity index (χ1) is 16.1. The summed E-state index contributed by atoms with van der Waals surface area (Å²) in [6, 6.07) is 20.2. The van der Waals surface area contributed by atoms with Crippen LogP contribution in [0.2, 0.25) is 0 Å². The summed E-state index contributed by atoms with van der Waals surface area (Å²) in [5.41, 5.74) is 3.73. The van der Waals surface area contributed by atoms with Crippen LogP contribution < -0.4 is 0 Å². The molecule has 2 saturated heterocycles. The van der Waals surface area contributed by atoms with Crippen molar-refractivity contribution in [3.8, 4) is 5.69 Å². The number of aromatic nitrogens is 2. The maximum Gasteiger partial charge on any atom is 0.407 e. The van der Waals surface area contributed by atoms with Gasteiger partial charge in [0.25, 0.3) is 5.91 Å². The van der Waals surface area contributed by atoms with Crippen LogP contribution in [0, 0.1) is 0 Å². The number of nitrogens with zero attached hydrogens (tertiary/aromatic N) is 4. The zero-order valence-corrected chi connectivity index (χ0v) is 18.5. The largest absolute Gasteiger partial charge is 0.465 e. The predicted molar refractivity (Wildman–Crippen MR) is 125 cm³/mol. The van der Waals surface area contributed by atoms with Crippen molar-refractivity contribution in [1.82, 2.24) is 19.6 Å². The lowest BCUT2D eigenvalue weighted by atomic mass is 9.90. The number of carboxylic acid groups (broad SMARTS) is 1. The molecule has 7 nitrogen and oxygen atoms in total. The third-order valence-electron chi connectivity index (χ3n) is 6.94. The van der Waals surface area contributed by atoms with Crippen LogP contribution in [0.4, 0.5) is 4.79 Å². The molecule has 5 rings (SSSR count). The third kappa shape index (κ3) is 4.23. The first-order valence-electron chi connectivity index (χ1n) is 11.6. The Hall–Kier alpha value is -3.61. The Kier molecular flexibility index (Phi) is 5.86. The van der Waals surface area contributed by atoms with Gasteiger partial charge in [-0.15, -0.1) is 0 Å². The van der Waals surface area contributed by atoms with Crippen LogP contribution in [-0.4, -0.2) is 62.9 Å².